The van der Waals surface area contributed by atoms with E-state index in [9.17, 15) is 0 Å². The summed E-state index contributed by atoms with van der Waals surface area (Å²) in [7, 11) is 0. The number of nitrogens with one attached hydrogen (secondary N) is 1. The molecule has 22 heavy (non-hydrogen) atoms. The number of hydrogen-bond donors (Lipinski definition) is 3. The minimum atomic E-state index is 0.508. The quantitative estimate of drug-likeness (QED) is 0.584. The lowest BCUT2D eigenvalue weighted by atomic mass is 9.96. The monoisotopic (exact) mass is 298 g/mol. The second-order valence-electron chi connectivity index (χ2n) is 5.29. The van der Waals surface area contributed by atoms with Crippen LogP contribution in [-0.2, 0) is 0 Å². The fraction of sp³-hybridized carbons (Fsp3) is 0.294. The minimum Gasteiger partial charge on any atom is -0.491 e. The zero-order valence-electron chi connectivity index (χ0n) is 13.2. The summed E-state index contributed by atoms with van der Waals surface area (Å²) in [6, 6.07) is 3.44. The third-order valence-corrected chi connectivity index (χ3v) is 3.62. The number of anilines is 2. The van der Waals surface area contributed by atoms with E-state index < -0.39 is 0 Å². The SMILES string of the molecule is CCCOc1cc(N=C2C=CC(=N)C(C)=C2C)c(N)cc1N. The van der Waals surface area contributed by atoms with Gasteiger partial charge in [-0.05, 0) is 49.6 Å². The van der Waals surface area contributed by atoms with E-state index in [4.69, 9.17) is 21.6 Å². The molecule has 5 heteroatoms. The van der Waals surface area contributed by atoms with E-state index in [0.717, 1.165) is 23.3 Å². The van der Waals surface area contributed by atoms with Crippen LogP contribution < -0.4 is 16.2 Å². The number of allylic oxidation sites excluding steroid dienone is 4. The molecule has 0 saturated carbocycles. The third kappa shape index (κ3) is 3.19. The first-order valence-electron chi connectivity index (χ1n) is 7.29. The molecular formula is C17H22N4O. The highest BCUT2D eigenvalue weighted by atomic mass is 16.5. The van der Waals surface area contributed by atoms with Gasteiger partial charge in [-0.2, -0.15) is 0 Å². The van der Waals surface area contributed by atoms with Crippen molar-refractivity contribution >= 4 is 28.5 Å². The van der Waals surface area contributed by atoms with E-state index in [2.05, 4.69) is 4.99 Å². The van der Waals surface area contributed by atoms with Gasteiger partial charge in [-0.3, -0.25) is 0 Å². The zero-order valence-corrected chi connectivity index (χ0v) is 13.2. The van der Waals surface area contributed by atoms with Crippen LogP contribution in [0.25, 0.3) is 0 Å². The molecule has 1 aliphatic rings. The Morgan fingerprint density at radius 2 is 1.82 bits per heavy atom. The average molecular weight is 298 g/mol. The van der Waals surface area contributed by atoms with Crippen molar-refractivity contribution in [1.82, 2.24) is 0 Å². The maximum atomic E-state index is 7.81. The summed E-state index contributed by atoms with van der Waals surface area (Å²) in [5.41, 5.74) is 16.8. The second kappa shape index (κ2) is 6.47. The van der Waals surface area contributed by atoms with Crippen molar-refractivity contribution in [2.75, 3.05) is 18.1 Å². The van der Waals surface area contributed by atoms with Gasteiger partial charge >= 0.3 is 0 Å². The van der Waals surface area contributed by atoms with Gasteiger partial charge < -0.3 is 21.6 Å². The molecule has 0 unspecified atom stereocenters. The van der Waals surface area contributed by atoms with Crippen LogP contribution >= 0.6 is 0 Å². The predicted molar refractivity (Wildman–Crippen MR) is 93.4 cm³/mol. The molecule has 0 spiro atoms. The van der Waals surface area contributed by atoms with E-state index in [-0.39, 0.29) is 0 Å². The molecular weight excluding hydrogens is 276 g/mol. The summed E-state index contributed by atoms with van der Waals surface area (Å²) >= 11 is 0. The third-order valence-electron chi connectivity index (χ3n) is 3.62. The topological polar surface area (TPSA) is 97.5 Å². The molecule has 1 aliphatic carbocycles. The van der Waals surface area contributed by atoms with Gasteiger partial charge in [0.25, 0.3) is 0 Å². The van der Waals surface area contributed by atoms with Gasteiger partial charge in [0.15, 0.2) is 0 Å². The zero-order chi connectivity index (χ0) is 16.3. The molecule has 116 valence electrons. The number of nitrogens with zero attached hydrogens (tertiary/aromatic N) is 1. The van der Waals surface area contributed by atoms with Crippen molar-refractivity contribution in [2.24, 2.45) is 4.99 Å². The molecule has 0 saturated heterocycles. The molecule has 5 nitrogen and oxygen atoms in total. The number of rotatable bonds is 4. The Morgan fingerprint density at radius 3 is 2.50 bits per heavy atom. The Morgan fingerprint density at radius 1 is 1.09 bits per heavy atom. The number of hydrogen-bond acceptors (Lipinski definition) is 5. The Bertz CT molecular complexity index is 699. The maximum absolute atomic E-state index is 7.81. The van der Waals surface area contributed by atoms with Crippen molar-refractivity contribution < 1.29 is 4.74 Å². The summed E-state index contributed by atoms with van der Waals surface area (Å²) in [6.07, 6.45) is 4.47. The van der Waals surface area contributed by atoms with Crippen LogP contribution in [-0.4, -0.2) is 18.0 Å². The van der Waals surface area contributed by atoms with Crippen LogP contribution in [0.1, 0.15) is 27.2 Å². The molecule has 2 rings (SSSR count). The molecule has 0 bridgehead atoms. The molecule has 5 N–H and O–H groups in total. The first-order valence-corrected chi connectivity index (χ1v) is 7.29. The normalized spacial score (nSPS) is 16.5. The highest BCUT2D eigenvalue weighted by molar-refractivity contribution is 6.23. The number of aliphatic imine (C=N–C) groups is 1. The lowest BCUT2D eigenvalue weighted by molar-refractivity contribution is 0.319. The van der Waals surface area contributed by atoms with Crippen LogP contribution in [0.15, 0.2) is 40.4 Å². The van der Waals surface area contributed by atoms with Gasteiger partial charge in [-0.25, -0.2) is 4.99 Å². The van der Waals surface area contributed by atoms with Gasteiger partial charge in [-0.15, -0.1) is 0 Å². The minimum absolute atomic E-state index is 0.508. The largest absolute Gasteiger partial charge is 0.491 e. The van der Waals surface area contributed by atoms with Crippen molar-refractivity contribution in [3.05, 3.63) is 35.4 Å². The standard InChI is InChI=1S/C17H22N4O/c1-4-7-22-17-9-16(13(19)8-14(17)20)21-15-6-5-12(18)10(2)11(15)3/h5-6,8-9,18H,4,7,19-20H2,1-3H3. The fourth-order valence-electron chi connectivity index (χ4n) is 2.09. The molecule has 0 fully saturated rings. The molecule has 1 aromatic rings. The van der Waals surface area contributed by atoms with Gasteiger partial charge in [0.05, 0.1) is 35.1 Å². The van der Waals surface area contributed by atoms with Crippen molar-refractivity contribution in [2.45, 2.75) is 27.2 Å². The van der Waals surface area contributed by atoms with Gasteiger partial charge in [-0.1, -0.05) is 6.92 Å². The summed E-state index contributed by atoms with van der Waals surface area (Å²) in [6.45, 7) is 6.50. The average Bonchev–Trinajstić information content (AvgIpc) is 2.49. The molecule has 1 aromatic carbocycles. The number of benzene rings is 1. The second-order valence-corrected chi connectivity index (χ2v) is 5.29. The van der Waals surface area contributed by atoms with Crippen LogP contribution in [0, 0.1) is 5.41 Å². The molecule has 0 amide bonds. The molecule has 0 radical (unpaired) electrons. The molecule has 0 aliphatic heterocycles. The molecule has 0 aromatic heterocycles. The maximum Gasteiger partial charge on any atom is 0.144 e. The lowest BCUT2D eigenvalue weighted by Crippen LogP contribution is -2.10. The van der Waals surface area contributed by atoms with Crippen LogP contribution in [0.4, 0.5) is 17.1 Å². The molecule has 0 atom stereocenters. The van der Waals surface area contributed by atoms with Gasteiger partial charge in [0.2, 0.25) is 0 Å². The highest BCUT2D eigenvalue weighted by Gasteiger charge is 2.13. The van der Waals surface area contributed by atoms with Crippen molar-refractivity contribution in [1.29, 1.82) is 5.41 Å². The number of ether oxygens (including phenoxy) is 1. The van der Waals surface area contributed by atoms with Crippen molar-refractivity contribution in [3.8, 4) is 5.75 Å². The van der Waals surface area contributed by atoms with E-state index in [1.165, 1.54) is 0 Å². The Hall–Kier alpha value is -2.56. The Kier molecular flexibility index (Phi) is 4.65. The van der Waals surface area contributed by atoms with E-state index >= 15 is 0 Å². The van der Waals surface area contributed by atoms with Gasteiger partial charge in [0.1, 0.15) is 5.75 Å². The molecule has 0 heterocycles. The summed E-state index contributed by atoms with van der Waals surface area (Å²) in [4.78, 5) is 4.61. The van der Waals surface area contributed by atoms with E-state index in [0.29, 0.717) is 35.1 Å². The smallest absolute Gasteiger partial charge is 0.144 e. The summed E-state index contributed by atoms with van der Waals surface area (Å²) in [5.74, 6) is 0.598. The first-order chi connectivity index (χ1) is 10.4. The van der Waals surface area contributed by atoms with Crippen LogP contribution in [0.5, 0.6) is 5.75 Å². The summed E-state index contributed by atoms with van der Waals surface area (Å²) in [5, 5.41) is 7.81. The van der Waals surface area contributed by atoms with E-state index in [1.807, 2.05) is 26.8 Å². The number of nitrogens with two attached hydrogens (primary N) is 2. The highest BCUT2D eigenvalue weighted by Crippen LogP contribution is 2.34. The number of nitrogen functional groups attached to an aromatic ring is 2. The van der Waals surface area contributed by atoms with Crippen LogP contribution in [0.2, 0.25) is 0 Å². The van der Waals surface area contributed by atoms with Crippen molar-refractivity contribution in [3.63, 3.8) is 0 Å². The van der Waals surface area contributed by atoms with E-state index in [1.54, 1.807) is 18.2 Å². The first kappa shape index (κ1) is 15.8. The predicted octanol–water partition coefficient (Wildman–Crippen LogP) is 3.64. The Labute approximate surface area is 130 Å². The fourth-order valence-corrected chi connectivity index (χ4v) is 2.09. The van der Waals surface area contributed by atoms with Gasteiger partial charge in [0, 0.05) is 6.07 Å². The van der Waals surface area contributed by atoms with Crippen LogP contribution in [0.3, 0.4) is 0 Å². The lowest BCUT2D eigenvalue weighted by Gasteiger charge is -2.14. The Balaban J connectivity index is 2.43. The summed E-state index contributed by atoms with van der Waals surface area (Å²) < 4.78 is 5.62.